The third-order valence-electron chi connectivity index (χ3n) is 6.26. The molecule has 3 rings (SSSR count). The minimum Gasteiger partial charge on any atom is -0.497 e. The predicted molar refractivity (Wildman–Crippen MR) is 140 cm³/mol. The average Bonchev–Trinajstić information content (AvgIpc) is 2.88. The highest BCUT2D eigenvalue weighted by Crippen LogP contribution is 2.18. The number of nitrogens with one attached hydrogen (secondary N) is 1. The van der Waals surface area contributed by atoms with Crippen molar-refractivity contribution in [2.45, 2.75) is 58.7 Å². The Bertz CT molecular complexity index is 1080. The van der Waals surface area contributed by atoms with Crippen LogP contribution in [-0.2, 0) is 29.0 Å². The molecular weight excluding hydrogens is 436 g/mol. The van der Waals surface area contributed by atoms with Gasteiger partial charge in [-0.25, -0.2) is 0 Å². The Morgan fingerprint density at radius 2 is 1.51 bits per heavy atom. The molecule has 0 saturated heterocycles. The van der Waals surface area contributed by atoms with E-state index < -0.39 is 6.04 Å². The van der Waals surface area contributed by atoms with E-state index >= 15 is 0 Å². The van der Waals surface area contributed by atoms with Crippen LogP contribution in [0.15, 0.2) is 78.9 Å². The molecule has 0 aliphatic rings. The fourth-order valence-corrected chi connectivity index (χ4v) is 3.90. The summed E-state index contributed by atoms with van der Waals surface area (Å²) in [5, 5.41) is 3.11. The van der Waals surface area contributed by atoms with Gasteiger partial charge in [0.15, 0.2) is 0 Å². The van der Waals surface area contributed by atoms with Gasteiger partial charge in [-0.15, -0.1) is 0 Å². The topological polar surface area (TPSA) is 58.6 Å². The summed E-state index contributed by atoms with van der Waals surface area (Å²) in [7, 11) is 1.62. The minimum atomic E-state index is -0.626. The van der Waals surface area contributed by atoms with E-state index in [-0.39, 0.29) is 24.3 Å². The molecule has 0 unspecified atom stereocenters. The van der Waals surface area contributed by atoms with Gasteiger partial charge in [0.1, 0.15) is 11.8 Å². The number of methoxy groups -OCH3 is 1. The van der Waals surface area contributed by atoms with E-state index in [1.54, 1.807) is 12.0 Å². The lowest BCUT2D eigenvalue weighted by molar-refractivity contribution is -0.141. The molecule has 0 radical (unpaired) electrons. The molecule has 2 amide bonds. The first kappa shape index (κ1) is 26.0. The Hall–Kier alpha value is -3.60. The largest absolute Gasteiger partial charge is 0.497 e. The number of rotatable bonds is 11. The molecule has 0 aromatic heterocycles. The van der Waals surface area contributed by atoms with Crippen molar-refractivity contribution in [2.75, 3.05) is 7.11 Å². The summed E-state index contributed by atoms with van der Waals surface area (Å²) in [5.74, 6) is 0.530. The Balaban J connectivity index is 1.94. The zero-order chi connectivity index (χ0) is 25.2. The molecule has 0 fully saturated rings. The van der Waals surface area contributed by atoms with Crippen LogP contribution in [0.5, 0.6) is 5.75 Å². The van der Waals surface area contributed by atoms with E-state index in [1.165, 1.54) is 0 Å². The Kier molecular flexibility index (Phi) is 9.47. The van der Waals surface area contributed by atoms with Gasteiger partial charge >= 0.3 is 0 Å². The molecule has 0 aliphatic heterocycles. The fraction of sp³-hybridized carbons (Fsp3) is 0.333. The van der Waals surface area contributed by atoms with Crippen molar-refractivity contribution in [1.29, 1.82) is 0 Å². The molecule has 0 saturated carbocycles. The van der Waals surface area contributed by atoms with Crippen LogP contribution in [-0.4, -0.2) is 35.9 Å². The van der Waals surface area contributed by atoms with Crippen molar-refractivity contribution in [3.05, 3.63) is 101 Å². The average molecular weight is 473 g/mol. The first-order chi connectivity index (χ1) is 16.9. The van der Waals surface area contributed by atoms with Crippen LogP contribution in [0.25, 0.3) is 0 Å². The Morgan fingerprint density at radius 1 is 0.886 bits per heavy atom. The summed E-state index contributed by atoms with van der Waals surface area (Å²) in [6.45, 7) is 6.42. The lowest BCUT2D eigenvalue weighted by Gasteiger charge is -2.32. The van der Waals surface area contributed by atoms with E-state index in [9.17, 15) is 9.59 Å². The van der Waals surface area contributed by atoms with Crippen molar-refractivity contribution >= 4 is 11.8 Å². The van der Waals surface area contributed by atoms with Gasteiger partial charge < -0.3 is 15.0 Å². The quantitative estimate of drug-likeness (QED) is 0.422. The normalized spacial score (nSPS) is 12.5. The maximum absolute atomic E-state index is 13.7. The third kappa shape index (κ3) is 7.71. The van der Waals surface area contributed by atoms with Crippen LogP contribution in [0.1, 0.15) is 42.5 Å². The maximum Gasteiger partial charge on any atom is 0.243 e. The van der Waals surface area contributed by atoms with Gasteiger partial charge in [0.2, 0.25) is 11.8 Å². The summed E-state index contributed by atoms with van der Waals surface area (Å²) in [6.07, 6.45) is 1.47. The summed E-state index contributed by atoms with van der Waals surface area (Å²) >= 11 is 0. The number of nitrogens with zero attached hydrogens (tertiary/aromatic N) is 1. The number of benzene rings is 3. The molecule has 35 heavy (non-hydrogen) atoms. The SMILES string of the molecule is CC[C@H](C)NC(=O)[C@H](Cc1ccccc1)N(Cc1ccc(C)cc1)C(=O)Cc1ccc(OC)cc1. The van der Waals surface area contributed by atoms with E-state index in [2.05, 4.69) is 5.32 Å². The first-order valence-corrected chi connectivity index (χ1v) is 12.2. The van der Waals surface area contributed by atoms with Crippen molar-refractivity contribution in [1.82, 2.24) is 10.2 Å². The highest BCUT2D eigenvalue weighted by atomic mass is 16.5. The van der Waals surface area contributed by atoms with Gasteiger partial charge in [0, 0.05) is 19.0 Å². The first-order valence-electron chi connectivity index (χ1n) is 12.2. The molecule has 0 aliphatic carbocycles. The molecule has 5 heteroatoms. The number of ether oxygens (including phenoxy) is 1. The van der Waals surface area contributed by atoms with Crippen LogP contribution < -0.4 is 10.1 Å². The van der Waals surface area contributed by atoms with Gasteiger partial charge in [-0.3, -0.25) is 9.59 Å². The standard InChI is InChI=1S/C30H36N2O3/c1-5-23(3)31-30(34)28(19-24-9-7-6-8-10-24)32(21-26-13-11-22(2)12-14-26)29(33)20-25-15-17-27(35-4)18-16-25/h6-18,23,28H,5,19-21H2,1-4H3,(H,31,34)/t23-,28-/m0/s1. The molecule has 5 nitrogen and oxygen atoms in total. The van der Waals surface area contributed by atoms with Gasteiger partial charge in [0.25, 0.3) is 0 Å². The van der Waals surface area contributed by atoms with Crippen LogP contribution >= 0.6 is 0 Å². The summed E-state index contributed by atoms with van der Waals surface area (Å²) in [4.78, 5) is 29.0. The van der Waals surface area contributed by atoms with Gasteiger partial charge in [-0.05, 0) is 49.1 Å². The van der Waals surface area contributed by atoms with Gasteiger partial charge in [-0.2, -0.15) is 0 Å². The fourth-order valence-electron chi connectivity index (χ4n) is 3.90. The van der Waals surface area contributed by atoms with Crippen molar-refractivity contribution in [3.63, 3.8) is 0 Å². The van der Waals surface area contributed by atoms with Crippen molar-refractivity contribution in [3.8, 4) is 5.75 Å². The molecule has 0 bridgehead atoms. The van der Waals surface area contributed by atoms with Crippen LogP contribution in [0.2, 0.25) is 0 Å². The molecule has 3 aromatic rings. The van der Waals surface area contributed by atoms with E-state index in [1.807, 2.05) is 99.6 Å². The zero-order valence-corrected chi connectivity index (χ0v) is 21.2. The van der Waals surface area contributed by atoms with Crippen LogP contribution in [0, 0.1) is 6.92 Å². The van der Waals surface area contributed by atoms with E-state index in [4.69, 9.17) is 4.74 Å². The number of hydrogen-bond donors (Lipinski definition) is 1. The van der Waals surface area contributed by atoms with Gasteiger partial charge in [-0.1, -0.05) is 79.2 Å². The molecule has 0 spiro atoms. The highest BCUT2D eigenvalue weighted by molar-refractivity contribution is 5.89. The second-order valence-electron chi connectivity index (χ2n) is 9.06. The summed E-state index contributed by atoms with van der Waals surface area (Å²) in [5.41, 5.74) is 4.04. The van der Waals surface area contributed by atoms with Crippen molar-refractivity contribution in [2.24, 2.45) is 0 Å². The summed E-state index contributed by atoms with van der Waals surface area (Å²) in [6, 6.07) is 24.9. The molecule has 1 N–H and O–H groups in total. The Morgan fingerprint density at radius 3 is 2.11 bits per heavy atom. The smallest absolute Gasteiger partial charge is 0.243 e. The number of aryl methyl sites for hydroxylation is 1. The number of carbonyl (C=O) groups excluding carboxylic acids is 2. The lowest BCUT2D eigenvalue weighted by Crippen LogP contribution is -2.52. The Labute approximate surface area is 209 Å². The molecule has 2 atom stereocenters. The lowest BCUT2D eigenvalue weighted by atomic mass is 10.0. The highest BCUT2D eigenvalue weighted by Gasteiger charge is 2.31. The predicted octanol–water partition coefficient (Wildman–Crippen LogP) is 5.10. The van der Waals surface area contributed by atoms with E-state index in [0.29, 0.717) is 13.0 Å². The number of carbonyl (C=O) groups is 2. The van der Waals surface area contributed by atoms with Crippen molar-refractivity contribution < 1.29 is 14.3 Å². The zero-order valence-electron chi connectivity index (χ0n) is 21.2. The molecule has 3 aromatic carbocycles. The number of hydrogen-bond acceptors (Lipinski definition) is 3. The van der Waals surface area contributed by atoms with Crippen LogP contribution in [0.4, 0.5) is 0 Å². The molecular formula is C30H36N2O3. The monoisotopic (exact) mass is 472 g/mol. The van der Waals surface area contributed by atoms with E-state index in [0.717, 1.165) is 34.4 Å². The molecule has 184 valence electrons. The second kappa shape index (κ2) is 12.7. The third-order valence-corrected chi connectivity index (χ3v) is 6.26. The molecule has 0 heterocycles. The summed E-state index contributed by atoms with van der Waals surface area (Å²) < 4.78 is 5.25. The minimum absolute atomic E-state index is 0.0266. The van der Waals surface area contributed by atoms with Crippen LogP contribution in [0.3, 0.4) is 0 Å². The van der Waals surface area contributed by atoms with Gasteiger partial charge in [0.05, 0.1) is 13.5 Å². The second-order valence-corrected chi connectivity index (χ2v) is 9.06. The maximum atomic E-state index is 13.7. The number of amides is 2.